The van der Waals surface area contributed by atoms with Crippen molar-refractivity contribution in [3.63, 3.8) is 0 Å². The van der Waals surface area contributed by atoms with Crippen molar-refractivity contribution in [3.8, 4) is 0 Å². The highest BCUT2D eigenvalue weighted by molar-refractivity contribution is 6.08. The molecule has 2 aromatic rings. The van der Waals surface area contributed by atoms with Crippen LogP contribution in [0.5, 0.6) is 0 Å². The maximum Gasteiger partial charge on any atom is 0.326 e. The minimum Gasteiger partial charge on any atom is -0.459 e. The molecule has 1 fully saturated rings. The van der Waals surface area contributed by atoms with E-state index in [9.17, 15) is 14.4 Å². The van der Waals surface area contributed by atoms with Crippen LogP contribution in [-0.2, 0) is 20.9 Å². The number of urea groups is 1. The van der Waals surface area contributed by atoms with E-state index in [1.165, 1.54) is 0 Å². The molecule has 1 aliphatic rings. The van der Waals surface area contributed by atoms with Crippen LogP contribution in [0.2, 0.25) is 0 Å². The second kappa shape index (κ2) is 7.15. The highest BCUT2D eigenvalue weighted by atomic mass is 16.5. The summed E-state index contributed by atoms with van der Waals surface area (Å²) in [6, 6.07) is 13.1. The summed E-state index contributed by atoms with van der Waals surface area (Å²) in [5, 5.41) is 4.77. The zero-order valence-corrected chi connectivity index (χ0v) is 15.0. The van der Waals surface area contributed by atoms with E-state index in [1.807, 2.05) is 56.3 Å². The third-order valence-electron chi connectivity index (χ3n) is 5.01. The van der Waals surface area contributed by atoms with Gasteiger partial charge in [-0.3, -0.25) is 14.5 Å². The Labute approximate surface area is 152 Å². The SMILES string of the molecule is CCC1(CC)NC(=O)N(CC(=O)OCc2cccc3ccccc23)C1=O. The fourth-order valence-electron chi connectivity index (χ4n) is 3.30. The van der Waals surface area contributed by atoms with Gasteiger partial charge in [0.1, 0.15) is 18.7 Å². The number of nitrogens with one attached hydrogen (secondary N) is 1. The number of nitrogens with zero attached hydrogens (tertiary/aromatic N) is 1. The highest BCUT2D eigenvalue weighted by Gasteiger charge is 2.49. The van der Waals surface area contributed by atoms with Crippen LogP contribution >= 0.6 is 0 Å². The Hall–Kier alpha value is -2.89. The van der Waals surface area contributed by atoms with Gasteiger partial charge in [0, 0.05) is 0 Å². The van der Waals surface area contributed by atoms with E-state index >= 15 is 0 Å². The first-order valence-electron chi connectivity index (χ1n) is 8.77. The molecule has 3 rings (SSSR count). The Bertz CT molecular complexity index is 853. The van der Waals surface area contributed by atoms with E-state index in [0.717, 1.165) is 21.2 Å². The third kappa shape index (κ3) is 3.14. The van der Waals surface area contributed by atoms with Gasteiger partial charge in [-0.1, -0.05) is 56.3 Å². The summed E-state index contributed by atoms with van der Waals surface area (Å²) >= 11 is 0. The molecule has 0 atom stereocenters. The molecule has 1 aliphatic heterocycles. The maximum absolute atomic E-state index is 12.5. The average molecular weight is 354 g/mol. The number of amides is 3. The van der Waals surface area contributed by atoms with Gasteiger partial charge in [0.2, 0.25) is 0 Å². The molecule has 6 heteroatoms. The van der Waals surface area contributed by atoms with Crippen molar-refractivity contribution < 1.29 is 19.1 Å². The predicted octanol–water partition coefficient (Wildman–Crippen LogP) is 2.99. The molecule has 0 unspecified atom stereocenters. The van der Waals surface area contributed by atoms with Crippen molar-refractivity contribution >= 4 is 28.7 Å². The Kier molecular flexibility index (Phi) is 4.93. The third-order valence-corrected chi connectivity index (χ3v) is 5.01. The number of hydrogen-bond donors (Lipinski definition) is 1. The van der Waals surface area contributed by atoms with E-state index in [4.69, 9.17) is 4.74 Å². The van der Waals surface area contributed by atoms with Gasteiger partial charge in [-0.25, -0.2) is 4.79 Å². The minimum atomic E-state index is -0.910. The number of rotatable bonds is 6. The molecular weight excluding hydrogens is 332 g/mol. The molecule has 0 bridgehead atoms. The predicted molar refractivity (Wildman–Crippen MR) is 97.3 cm³/mol. The minimum absolute atomic E-state index is 0.0938. The monoisotopic (exact) mass is 354 g/mol. The molecule has 0 aliphatic carbocycles. The standard InChI is InChI=1S/C20H22N2O4/c1-3-20(4-2)18(24)22(19(25)21-20)12-17(23)26-13-15-10-7-9-14-8-5-6-11-16(14)15/h5-11H,3-4,12-13H2,1-2H3,(H,21,25). The number of esters is 1. The molecule has 136 valence electrons. The molecule has 26 heavy (non-hydrogen) atoms. The van der Waals surface area contributed by atoms with E-state index in [-0.39, 0.29) is 19.1 Å². The second-order valence-electron chi connectivity index (χ2n) is 6.41. The Morgan fingerprint density at radius 1 is 1.08 bits per heavy atom. The molecule has 0 aromatic heterocycles. The van der Waals surface area contributed by atoms with E-state index in [1.54, 1.807) is 0 Å². The number of imide groups is 1. The summed E-state index contributed by atoms with van der Waals surface area (Å²) in [4.78, 5) is 37.7. The average Bonchev–Trinajstić information content (AvgIpc) is 2.91. The van der Waals surface area contributed by atoms with Crippen LogP contribution in [0.4, 0.5) is 4.79 Å². The molecule has 6 nitrogen and oxygen atoms in total. The summed E-state index contributed by atoms with van der Waals surface area (Å²) in [6.07, 6.45) is 0.964. The second-order valence-corrected chi connectivity index (χ2v) is 6.41. The van der Waals surface area contributed by atoms with Crippen molar-refractivity contribution in [1.82, 2.24) is 10.2 Å². The molecule has 0 spiro atoms. The molecule has 1 N–H and O–H groups in total. The zero-order valence-electron chi connectivity index (χ0n) is 15.0. The van der Waals surface area contributed by atoms with E-state index in [2.05, 4.69) is 5.32 Å². The topological polar surface area (TPSA) is 75.7 Å². The van der Waals surface area contributed by atoms with Crippen LogP contribution in [0.15, 0.2) is 42.5 Å². The van der Waals surface area contributed by atoms with Gasteiger partial charge in [-0.05, 0) is 29.2 Å². The lowest BCUT2D eigenvalue weighted by molar-refractivity contribution is -0.148. The number of carbonyl (C=O) groups excluding carboxylic acids is 3. The van der Waals surface area contributed by atoms with E-state index in [0.29, 0.717) is 12.8 Å². The summed E-state index contributed by atoms with van der Waals surface area (Å²) in [5.74, 6) is -0.973. The number of fused-ring (bicyclic) bond motifs is 1. The van der Waals surface area contributed by atoms with Crippen molar-refractivity contribution in [2.45, 2.75) is 38.8 Å². The summed E-state index contributed by atoms with van der Waals surface area (Å²) < 4.78 is 5.32. The largest absolute Gasteiger partial charge is 0.459 e. The van der Waals surface area contributed by atoms with Gasteiger partial charge < -0.3 is 10.1 Å². The summed E-state index contributed by atoms with van der Waals surface area (Å²) in [7, 11) is 0. The normalized spacial score (nSPS) is 16.0. The smallest absolute Gasteiger partial charge is 0.326 e. The summed E-state index contributed by atoms with van der Waals surface area (Å²) in [5.41, 5.74) is -0.0300. The molecule has 1 heterocycles. The number of hydrogen-bond acceptors (Lipinski definition) is 4. The molecule has 0 saturated carbocycles. The highest BCUT2D eigenvalue weighted by Crippen LogP contribution is 2.25. The summed E-state index contributed by atoms with van der Waals surface area (Å²) in [6.45, 7) is 3.39. The Morgan fingerprint density at radius 2 is 1.77 bits per heavy atom. The lowest BCUT2D eigenvalue weighted by atomic mass is 9.93. The van der Waals surface area contributed by atoms with Crippen LogP contribution < -0.4 is 5.32 Å². The first-order chi connectivity index (χ1) is 12.5. The van der Waals surface area contributed by atoms with Gasteiger partial charge in [-0.2, -0.15) is 0 Å². The maximum atomic E-state index is 12.5. The lowest BCUT2D eigenvalue weighted by Crippen LogP contribution is -2.46. The molecule has 1 saturated heterocycles. The van der Waals surface area contributed by atoms with Crippen LogP contribution in [0, 0.1) is 0 Å². The van der Waals surface area contributed by atoms with Gasteiger partial charge >= 0.3 is 12.0 Å². The zero-order chi connectivity index (χ0) is 18.7. The van der Waals surface area contributed by atoms with E-state index < -0.39 is 17.5 Å². The molecule has 2 aromatic carbocycles. The molecule has 0 radical (unpaired) electrons. The Balaban J connectivity index is 1.66. The van der Waals surface area contributed by atoms with Crippen molar-refractivity contribution in [3.05, 3.63) is 48.0 Å². The first-order valence-corrected chi connectivity index (χ1v) is 8.77. The number of ether oxygens (including phenoxy) is 1. The van der Waals surface area contributed by atoms with Crippen LogP contribution in [-0.4, -0.2) is 34.9 Å². The van der Waals surface area contributed by atoms with Crippen LogP contribution in [0.1, 0.15) is 32.3 Å². The number of benzene rings is 2. The van der Waals surface area contributed by atoms with Crippen molar-refractivity contribution in [2.24, 2.45) is 0 Å². The number of carbonyl (C=O) groups is 3. The van der Waals surface area contributed by atoms with Gasteiger partial charge in [0.05, 0.1) is 0 Å². The fraction of sp³-hybridized carbons (Fsp3) is 0.350. The molecule has 3 amide bonds. The van der Waals surface area contributed by atoms with Gasteiger partial charge in [-0.15, -0.1) is 0 Å². The quantitative estimate of drug-likeness (QED) is 0.639. The first kappa shape index (κ1) is 17.9. The van der Waals surface area contributed by atoms with Crippen molar-refractivity contribution in [1.29, 1.82) is 0 Å². The lowest BCUT2D eigenvalue weighted by Gasteiger charge is -2.22. The van der Waals surface area contributed by atoms with Crippen LogP contribution in [0.25, 0.3) is 10.8 Å². The van der Waals surface area contributed by atoms with Crippen molar-refractivity contribution in [2.75, 3.05) is 6.54 Å². The Morgan fingerprint density at radius 3 is 2.46 bits per heavy atom. The van der Waals surface area contributed by atoms with Gasteiger partial charge in [0.25, 0.3) is 5.91 Å². The molecular formula is C20H22N2O4. The fourth-order valence-corrected chi connectivity index (χ4v) is 3.30. The van der Waals surface area contributed by atoms with Crippen LogP contribution in [0.3, 0.4) is 0 Å². The van der Waals surface area contributed by atoms with Gasteiger partial charge in [0.15, 0.2) is 0 Å².